The fraction of sp³-hybridized carbons (Fsp3) is 0.385. The van der Waals surface area contributed by atoms with Crippen LogP contribution in [0.3, 0.4) is 0 Å². The molecule has 2 aromatic carbocycles. The highest BCUT2D eigenvalue weighted by Crippen LogP contribution is 2.27. The van der Waals surface area contributed by atoms with Crippen LogP contribution in [-0.4, -0.2) is 77.3 Å². The van der Waals surface area contributed by atoms with Crippen LogP contribution in [0.25, 0.3) is 0 Å². The van der Waals surface area contributed by atoms with E-state index in [-0.39, 0.29) is 23.8 Å². The zero-order valence-corrected chi connectivity index (χ0v) is 21.1. The Kier molecular flexibility index (Phi) is 7.72. The lowest BCUT2D eigenvalue weighted by molar-refractivity contribution is -0.128. The van der Waals surface area contributed by atoms with E-state index < -0.39 is 6.61 Å². The minimum Gasteiger partial charge on any atom is -0.435 e. The molecule has 3 aliphatic rings. The molecule has 1 atom stereocenters. The molecule has 198 valence electrons. The molecule has 2 fully saturated rings. The van der Waals surface area contributed by atoms with E-state index in [9.17, 15) is 18.8 Å². The molecule has 0 aromatic heterocycles. The van der Waals surface area contributed by atoms with E-state index in [1.54, 1.807) is 29.3 Å². The van der Waals surface area contributed by atoms with Gasteiger partial charge in [-0.3, -0.25) is 4.79 Å². The summed E-state index contributed by atoms with van der Waals surface area (Å²) in [7, 11) is 0. The van der Waals surface area contributed by atoms with E-state index >= 15 is 0 Å². The normalized spacial score (nSPS) is 20.1. The highest BCUT2D eigenvalue weighted by atomic mass is 35.5. The molecule has 9 nitrogen and oxygen atoms in total. The Hall–Kier alpha value is -3.75. The van der Waals surface area contributed by atoms with Crippen molar-refractivity contribution in [2.24, 2.45) is 10.1 Å². The van der Waals surface area contributed by atoms with Gasteiger partial charge in [0.15, 0.2) is 0 Å². The van der Waals surface area contributed by atoms with Crippen LogP contribution < -0.4 is 4.74 Å². The third-order valence-electron chi connectivity index (χ3n) is 6.66. The van der Waals surface area contributed by atoms with Gasteiger partial charge in [0.05, 0.1) is 31.0 Å². The number of halogens is 3. The lowest BCUT2D eigenvalue weighted by Gasteiger charge is -2.42. The van der Waals surface area contributed by atoms with Gasteiger partial charge >= 0.3 is 6.61 Å². The Balaban J connectivity index is 1.24. The molecule has 1 amide bonds. The van der Waals surface area contributed by atoms with Crippen LogP contribution in [0.2, 0.25) is 5.02 Å². The average molecular weight is 543 g/mol. The first-order chi connectivity index (χ1) is 18.4. The number of benzene rings is 2. The molecule has 0 radical (unpaired) electrons. The van der Waals surface area contributed by atoms with Crippen molar-refractivity contribution in [3.05, 3.63) is 64.7 Å². The number of aliphatic imine (C=N–C) groups is 1. The molecule has 2 aromatic rings. The topological polar surface area (TPSA) is 93.8 Å². The quantitative estimate of drug-likeness (QED) is 0.301. The first kappa shape index (κ1) is 25.9. The number of carbonyl (C=O) groups excluding carboxylic acids is 1. The Morgan fingerprint density at radius 1 is 1.16 bits per heavy atom. The summed E-state index contributed by atoms with van der Waals surface area (Å²) in [5.41, 5.74) is 2.41. The number of rotatable bonds is 7. The van der Waals surface area contributed by atoms with Crippen molar-refractivity contribution in [3.8, 4) is 11.9 Å². The van der Waals surface area contributed by atoms with Gasteiger partial charge in [-0.05, 0) is 36.2 Å². The molecule has 3 heterocycles. The Morgan fingerprint density at radius 2 is 1.89 bits per heavy atom. The number of hydrogen-bond acceptors (Lipinski definition) is 6. The number of hydrogen-bond donors (Lipinski definition) is 0. The van der Waals surface area contributed by atoms with Gasteiger partial charge in [0.2, 0.25) is 18.1 Å². The summed E-state index contributed by atoms with van der Waals surface area (Å²) >= 11 is 6.08. The summed E-state index contributed by atoms with van der Waals surface area (Å²) in [6.07, 6.45) is 3.08. The smallest absolute Gasteiger partial charge is 0.387 e. The van der Waals surface area contributed by atoms with Gasteiger partial charge in [0, 0.05) is 36.6 Å². The van der Waals surface area contributed by atoms with Gasteiger partial charge in [-0.1, -0.05) is 35.9 Å². The highest BCUT2D eigenvalue weighted by molar-refractivity contribution is 6.30. The number of nitrogens with zero attached hydrogens (tertiary/aromatic N) is 6. The number of likely N-dealkylation sites (tertiary alicyclic amines) is 2. The lowest BCUT2D eigenvalue weighted by Crippen LogP contribution is -2.58. The largest absolute Gasteiger partial charge is 0.435 e. The minimum atomic E-state index is -2.87. The first-order valence-corrected chi connectivity index (χ1v) is 12.6. The zero-order valence-electron chi connectivity index (χ0n) is 20.3. The van der Waals surface area contributed by atoms with Crippen molar-refractivity contribution >= 4 is 29.2 Å². The number of amides is 1. The molecule has 2 saturated heterocycles. The maximum atomic E-state index is 12.6. The monoisotopic (exact) mass is 542 g/mol. The van der Waals surface area contributed by atoms with Gasteiger partial charge < -0.3 is 19.3 Å². The first-order valence-electron chi connectivity index (χ1n) is 12.2. The molecule has 3 aliphatic heterocycles. The van der Waals surface area contributed by atoms with Crippen molar-refractivity contribution in [2.75, 3.05) is 26.2 Å². The van der Waals surface area contributed by atoms with Crippen LogP contribution in [0.4, 0.5) is 8.78 Å². The van der Waals surface area contributed by atoms with Crippen molar-refractivity contribution in [2.45, 2.75) is 38.2 Å². The van der Waals surface area contributed by atoms with Crippen molar-refractivity contribution in [1.29, 1.82) is 5.26 Å². The summed E-state index contributed by atoms with van der Waals surface area (Å²) in [5, 5.41) is 16.5. The SMILES string of the molecule is N#CN=C(N1CC(OCc2ccc(OC(F)F)cc2)C1)N1CC(N2CCCC2=O)C(c2ccc(Cl)cc2)=N1. The third kappa shape index (κ3) is 5.71. The molecule has 1 unspecified atom stereocenters. The second-order valence-electron chi connectivity index (χ2n) is 9.15. The van der Waals surface area contributed by atoms with Crippen LogP contribution in [0.15, 0.2) is 58.6 Å². The van der Waals surface area contributed by atoms with Crippen molar-refractivity contribution in [1.82, 2.24) is 14.8 Å². The summed E-state index contributed by atoms with van der Waals surface area (Å²) in [6, 6.07) is 13.3. The summed E-state index contributed by atoms with van der Waals surface area (Å²) in [6.45, 7) is -0.510. The predicted octanol–water partition coefficient (Wildman–Crippen LogP) is 3.69. The van der Waals surface area contributed by atoms with E-state index in [0.29, 0.717) is 50.2 Å². The standard InChI is InChI=1S/C26H25ClF2N6O3/c27-19-7-5-18(6-8-19)24-22(34-11-1-2-23(34)36)14-35(32-24)26(31-16-30)33-12-21(13-33)37-15-17-3-9-20(10-4-17)38-25(28)29/h3-10,21-22,25H,1-2,11-15H2. The number of nitriles is 1. The van der Waals surface area contributed by atoms with E-state index in [1.807, 2.05) is 28.1 Å². The second-order valence-corrected chi connectivity index (χ2v) is 9.59. The third-order valence-corrected chi connectivity index (χ3v) is 6.91. The number of guanidine groups is 1. The number of ether oxygens (including phenoxy) is 2. The molecule has 0 bridgehead atoms. The van der Waals surface area contributed by atoms with Crippen molar-refractivity contribution in [3.63, 3.8) is 0 Å². The molecule has 5 rings (SSSR count). The molecule has 0 spiro atoms. The molecule has 0 N–H and O–H groups in total. The Labute approximate surface area is 223 Å². The molecule has 12 heteroatoms. The average Bonchev–Trinajstić information content (AvgIpc) is 3.49. The molecule has 0 saturated carbocycles. The van der Waals surface area contributed by atoms with Crippen LogP contribution >= 0.6 is 11.6 Å². The van der Waals surface area contributed by atoms with Gasteiger partial charge in [0.25, 0.3) is 0 Å². The van der Waals surface area contributed by atoms with Crippen LogP contribution in [0, 0.1) is 11.5 Å². The van der Waals surface area contributed by atoms with Crippen LogP contribution in [0.1, 0.15) is 24.0 Å². The maximum absolute atomic E-state index is 12.6. The molecule has 38 heavy (non-hydrogen) atoms. The number of alkyl halides is 2. The zero-order chi connectivity index (χ0) is 26.6. The van der Waals surface area contributed by atoms with Crippen LogP contribution in [-0.2, 0) is 16.1 Å². The molecule has 0 aliphatic carbocycles. The fourth-order valence-corrected chi connectivity index (χ4v) is 4.88. The number of hydrazone groups is 1. The summed E-state index contributed by atoms with van der Waals surface area (Å²) in [4.78, 5) is 20.4. The minimum absolute atomic E-state index is 0.0866. The Bertz CT molecular complexity index is 1260. The number of carbonyl (C=O) groups is 1. The van der Waals surface area contributed by atoms with Crippen LogP contribution in [0.5, 0.6) is 5.75 Å². The lowest BCUT2D eigenvalue weighted by atomic mass is 10.0. The van der Waals surface area contributed by atoms with Gasteiger partial charge in [-0.25, -0.2) is 5.01 Å². The van der Waals surface area contributed by atoms with Gasteiger partial charge in [0.1, 0.15) is 5.75 Å². The second kappa shape index (κ2) is 11.3. The van der Waals surface area contributed by atoms with E-state index in [4.69, 9.17) is 21.4 Å². The predicted molar refractivity (Wildman–Crippen MR) is 136 cm³/mol. The summed E-state index contributed by atoms with van der Waals surface area (Å²) < 4.78 is 34.9. The highest BCUT2D eigenvalue weighted by Gasteiger charge is 2.41. The Morgan fingerprint density at radius 3 is 2.53 bits per heavy atom. The summed E-state index contributed by atoms with van der Waals surface area (Å²) in [5.74, 6) is 0.582. The van der Waals surface area contributed by atoms with Crippen molar-refractivity contribution < 1.29 is 23.0 Å². The van der Waals surface area contributed by atoms with E-state index in [1.165, 1.54) is 12.1 Å². The van der Waals surface area contributed by atoms with Gasteiger partial charge in [-0.2, -0.15) is 19.1 Å². The molecular formula is C26H25ClF2N6O3. The van der Waals surface area contributed by atoms with E-state index in [2.05, 4.69) is 9.73 Å². The fourth-order valence-electron chi connectivity index (χ4n) is 4.75. The maximum Gasteiger partial charge on any atom is 0.387 e. The van der Waals surface area contributed by atoms with Gasteiger partial charge in [-0.15, -0.1) is 4.99 Å². The van der Waals surface area contributed by atoms with E-state index in [0.717, 1.165) is 23.3 Å². The molecular weight excluding hydrogens is 518 g/mol.